The van der Waals surface area contributed by atoms with Crippen molar-refractivity contribution in [2.24, 2.45) is 0 Å². The second kappa shape index (κ2) is 4.74. The standard InChI is InChI=1S/C10H12ClOP/c1-7-3-2-4-8(11)10(7)9(12)5-6-13/h2-4H,5-6,13H2,1H3. The lowest BCUT2D eigenvalue weighted by molar-refractivity contribution is 0.0989. The predicted octanol–water partition coefficient (Wildman–Crippen LogP) is 3.10. The number of benzene rings is 1. The number of carbonyl (C=O) groups is 1. The molecule has 70 valence electrons. The SMILES string of the molecule is Cc1cccc(Cl)c1C(=O)CCP. The van der Waals surface area contributed by atoms with Crippen LogP contribution < -0.4 is 0 Å². The van der Waals surface area contributed by atoms with Gasteiger partial charge in [0.15, 0.2) is 5.78 Å². The first kappa shape index (κ1) is 10.7. The number of halogens is 1. The topological polar surface area (TPSA) is 17.1 Å². The van der Waals surface area contributed by atoms with E-state index in [4.69, 9.17) is 11.6 Å². The molecule has 1 nitrogen and oxygen atoms in total. The quantitative estimate of drug-likeness (QED) is 0.558. The van der Waals surface area contributed by atoms with Crippen LogP contribution in [0.2, 0.25) is 5.02 Å². The maximum atomic E-state index is 11.6. The van der Waals surface area contributed by atoms with Gasteiger partial charge in [-0.15, -0.1) is 9.24 Å². The molecule has 0 spiro atoms. The first-order valence-corrected chi connectivity index (χ1v) is 5.34. The van der Waals surface area contributed by atoms with Crippen LogP contribution in [0.5, 0.6) is 0 Å². The van der Waals surface area contributed by atoms with Gasteiger partial charge in [-0.05, 0) is 24.7 Å². The molecule has 1 rings (SSSR count). The lowest BCUT2D eigenvalue weighted by atomic mass is 10.0. The summed E-state index contributed by atoms with van der Waals surface area (Å²) >= 11 is 5.93. The molecule has 0 aliphatic heterocycles. The van der Waals surface area contributed by atoms with Crippen molar-refractivity contribution in [3.63, 3.8) is 0 Å². The maximum Gasteiger partial charge on any atom is 0.164 e. The van der Waals surface area contributed by atoms with Gasteiger partial charge in [0.05, 0.1) is 5.02 Å². The van der Waals surface area contributed by atoms with Crippen molar-refractivity contribution in [3.05, 3.63) is 34.3 Å². The van der Waals surface area contributed by atoms with Crippen LogP contribution >= 0.6 is 20.8 Å². The fourth-order valence-electron chi connectivity index (χ4n) is 1.24. The second-order valence-electron chi connectivity index (χ2n) is 2.89. The Hall–Kier alpha value is -0.390. The molecular weight excluding hydrogens is 203 g/mol. The van der Waals surface area contributed by atoms with Gasteiger partial charge in [0.2, 0.25) is 0 Å². The number of aryl methyl sites for hydroxylation is 1. The van der Waals surface area contributed by atoms with Gasteiger partial charge in [-0.25, -0.2) is 0 Å². The van der Waals surface area contributed by atoms with E-state index in [1.54, 1.807) is 6.07 Å². The lowest BCUT2D eigenvalue weighted by Gasteiger charge is -2.05. The van der Waals surface area contributed by atoms with Crippen LogP contribution in [0.3, 0.4) is 0 Å². The summed E-state index contributed by atoms with van der Waals surface area (Å²) in [7, 11) is 2.54. The molecule has 1 atom stereocenters. The molecule has 0 amide bonds. The third kappa shape index (κ3) is 2.52. The first-order chi connectivity index (χ1) is 6.16. The van der Waals surface area contributed by atoms with Crippen molar-refractivity contribution < 1.29 is 4.79 Å². The summed E-state index contributed by atoms with van der Waals surface area (Å²) in [5, 5.41) is 0.559. The van der Waals surface area contributed by atoms with E-state index in [0.717, 1.165) is 11.7 Å². The molecule has 1 aromatic carbocycles. The average Bonchev–Trinajstić information content (AvgIpc) is 2.04. The monoisotopic (exact) mass is 214 g/mol. The number of rotatable bonds is 3. The van der Waals surface area contributed by atoms with Crippen LogP contribution in [0.1, 0.15) is 22.3 Å². The van der Waals surface area contributed by atoms with Gasteiger partial charge in [0, 0.05) is 12.0 Å². The van der Waals surface area contributed by atoms with Gasteiger partial charge in [-0.1, -0.05) is 23.7 Å². The summed E-state index contributed by atoms with van der Waals surface area (Å²) < 4.78 is 0. The van der Waals surface area contributed by atoms with Crippen molar-refractivity contribution in [3.8, 4) is 0 Å². The Morgan fingerprint density at radius 1 is 1.54 bits per heavy atom. The largest absolute Gasteiger partial charge is 0.294 e. The summed E-state index contributed by atoms with van der Waals surface area (Å²) in [6.07, 6.45) is 1.32. The van der Waals surface area contributed by atoms with Crippen LogP contribution in [0.25, 0.3) is 0 Å². The zero-order valence-electron chi connectivity index (χ0n) is 7.51. The minimum atomic E-state index is 0.123. The zero-order chi connectivity index (χ0) is 9.84. The van der Waals surface area contributed by atoms with E-state index in [1.807, 2.05) is 19.1 Å². The Balaban J connectivity index is 3.05. The fraction of sp³-hybridized carbons (Fsp3) is 0.300. The van der Waals surface area contributed by atoms with Crippen molar-refractivity contribution >= 4 is 26.6 Å². The number of Topliss-reactive ketones (excluding diaryl/α,β-unsaturated/α-hetero) is 1. The molecule has 0 aromatic heterocycles. The highest BCUT2D eigenvalue weighted by molar-refractivity contribution is 7.16. The molecule has 1 aromatic rings. The average molecular weight is 215 g/mol. The minimum Gasteiger partial charge on any atom is -0.294 e. The van der Waals surface area contributed by atoms with Gasteiger partial charge in [-0.2, -0.15) is 0 Å². The molecule has 0 radical (unpaired) electrons. The molecule has 0 bridgehead atoms. The molecule has 0 N–H and O–H groups in total. The Morgan fingerprint density at radius 3 is 2.77 bits per heavy atom. The van der Waals surface area contributed by atoms with Crippen LogP contribution in [0, 0.1) is 6.92 Å². The van der Waals surface area contributed by atoms with E-state index < -0.39 is 0 Å². The van der Waals surface area contributed by atoms with Gasteiger partial charge in [-0.3, -0.25) is 4.79 Å². The molecule has 0 aliphatic carbocycles. The van der Waals surface area contributed by atoms with Crippen LogP contribution in [-0.2, 0) is 0 Å². The highest BCUT2D eigenvalue weighted by atomic mass is 35.5. The number of ketones is 1. The van der Waals surface area contributed by atoms with Crippen molar-refractivity contribution in [2.75, 3.05) is 6.16 Å². The number of hydrogen-bond donors (Lipinski definition) is 0. The molecule has 0 saturated heterocycles. The molecular formula is C10H12ClOP. The smallest absolute Gasteiger partial charge is 0.164 e. The van der Waals surface area contributed by atoms with E-state index >= 15 is 0 Å². The lowest BCUT2D eigenvalue weighted by Crippen LogP contribution is -2.02. The summed E-state index contributed by atoms with van der Waals surface area (Å²) in [5.74, 6) is 0.123. The van der Waals surface area contributed by atoms with E-state index in [-0.39, 0.29) is 5.78 Å². The number of carbonyl (C=O) groups excluding carboxylic acids is 1. The Morgan fingerprint density at radius 2 is 2.23 bits per heavy atom. The Bertz CT molecular complexity index is 302. The van der Waals surface area contributed by atoms with E-state index in [0.29, 0.717) is 17.0 Å². The Kier molecular flexibility index (Phi) is 3.90. The summed E-state index contributed by atoms with van der Waals surface area (Å²) in [5.41, 5.74) is 1.63. The van der Waals surface area contributed by atoms with Crippen LogP contribution in [0.4, 0.5) is 0 Å². The highest BCUT2D eigenvalue weighted by Gasteiger charge is 2.11. The second-order valence-corrected chi connectivity index (χ2v) is 3.88. The predicted molar refractivity (Wildman–Crippen MR) is 59.7 cm³/mol. The number of hydrogen-bond acceptors (Lipinski definition) is 1. The molecule has 0 fully saturated rings. The third-order valence-electron chi connectivity index (χ3n) is 1.87. The molecule has 1 unspecified atom stereocenters. The summed E-state index contributed by atoms with van der Waals surface area (Å²) in [6.45, 7) is 1.90. The molecule has 3 heteroatoms. The minimum absolute atomic E-state index is 0.123. The van der Waals surface area contributed by atoms with Crippen LogP contribution in [-0.4, -0.2) is 11.9 Å². The molecule has 13 heavy (non-hydrogen) atoms. The maximum absolute atomic E-state index is 11.6. The van der Waals surface area contributed by atoms with Crippen molar-refractivity contribution in [2.45, 2.75) is 13.3 Å². The summed E-state index contributed by atoms with van der Waals surface area (Å²) in [4.78, 5) is 11.6. The Labute approximate surface area is 85.7 Å². The normalized spacial score (nSPS) is 10.1. The van der Waals surface area contributed by atoms with E-state index in [9.17, 15) is 4.79 Å². The zero-order valence-corrected chi connectivity index (χ0v) is 9.42. The van der Waals surface area contributed by atoms with Gasteiger partial charge in [0.1, 0.15) is 0 Å². The summed E-state index contributed by atoms with van der Waals surface area (Å²) in [6, 6.07) is 5.52. The third-order valence-corrected chi connectivity index (χ3v) is 2.48. The molecule has 0 saturated carbocycles. The first-order valence-electron chi connectivity index (χ1n) is 4.15. The molecule has 0 aliphatic rings. The van der Waals surface area contributed by atoms with E-state index in [1.165, 1.54) is 0 Å². The van der Waals surface area contributed by atoms with Gasteiger partial charge >= 0.3 is 0 Å². The molecule has 0 heterocycles. The van der Waals surface area contributed by atoms with Crippen LogP contribution in [0.15, 0.2) is 18.2 Å². The van der Waals surface area contributed by atoms with Crippen molar-refractivity contribution in [1.82, 2.24) is 0 Å². The highest BCUT2D eigenvalue weighted by Crippen LogP contribution is 2.21. The van der Waals surface area contributed by atoms with E-state index in [2.05, 4.69) is 9.24 Å². The fourth-order valence-corrected chi connectivity index (χ4v) is 1.83. The van der Waals surface area contributed by atoms with Gasteiger partial charge < -0.3 is 0 Å². The van der Waals surface area contributed by atoms with Gasteiger partial charge in [0.25, 0.3) is 0 Å². The van der Waals surface area contributed by atoms with Crippen molar-refractivity contribution in [1.29, 1.82) is 0 Å².